The van der Waals surface area contributed by atoms with Gasteiger partial charge in [-0.2, -0.15) is 0 Å². The van der Waals surface area contributed by atoms with Crippen LogP contribution in [0.2, 0.25) is 5.02 Å². The summed E-state index contributed by atoms with van der Waals surface area (Å²) in [5, 5.41) is 12.7. The fourth-order valence-corrected chi connectivity index (χ4v) is 3.62. The molecule has 2 aromatic carbocycles. The highest BCUT2D eigenvalue weighted by atomic mass is 35.5. The summed E-state index contributed by atoms with van der Waals surface area (Å²) >= 11 is 5.88. The minimum Gasteiger partial charge on any atom is -0.478 e. The number of nitrogens with one attached hydrogen (secondary N) is 1. The van der Waals surface area contributed by atoms with Gasteiger partial charge in [0.05, 0.1) is 29.5 Å². The fraction of sp³-hybridized carbons (Fsp3) is 0.318. The van der Waals surface area contributed by atoms with Gasteiger partial charge < -0.3 is 20.1 Å². The molecule has 0 bridgehead atoms. The molecule has 0 radical (unpaired) electrons. The molecule has 1 saturated heterocycles. The maximum Gasteiger partial charge on any atom is 0.335 e. The van der Waals surface area contributed by atoms with Crippen LogP contribution in [0.5, 0.6) is 0 Å². The molecule has 0 aromatic heterocycles. The Hall–Kier alpha value is -3.06. The van der Waals surface area contributed by atoms with Gasteiger partial charge in [-0.25, -0.2) is 4.79 Å². The molecular formula is C22H23ClN2O5. The van der Waals surface area contributed by atoms with Crippen molar-refractivity contribution in [2.45, 2.75) is 19.8 Å². The van der Waals surface area contributed by atoms with E-state index in [2.05, 4.69) is 5.32 Å². The molecule has 0 saturated carbocycles. The normalized spacial score (nSPS) is 16.1. The molecule has 1 atom stereocenters. The van der Waals surface area contributed by atoms with Crippen LogP contribution in [0.3, 0.4) is 0 Å². The Balaban J connectivity index is 1.88. The van der Waals surface area contributed by atoms with Gasteiger partial charge in [0.1, 0.15) is 0 Å². The van der Waals surface area contributed by atoms with Crippen LogP contribution in [-0.4, -0.2) is 42.6 Å². The first kappa shape index (κ1) is 21.6. The number of carboxylic acid groups (broad SMARTS) is 1. The lowest BCUT2D eigenvalue weighted by molar-refractivity contribution is -0.148. The topological polar surface area (TPSA) is 95.9 Å². The molecule has 158 valence electrons. The predicted octanol–water partition coefficient (Wildman–Crippen LogP) is 4.07. The highest BCUT2D eigenvalue weighted by Gasteiger charge is 2.28. The number of halogens is 1. The van der Waals surface area contributed by atoms with E-state index in [1.165, 1.54) is 12.1 Å². The molecule has 1 heterocycles. The number of hydrogen-bond acceptors (Lipinski definition) is 5. The first-order valence-electron chi connectivity index (χ1n) is 9.75. The van der Waals surface area contributed by atoms with Crippen molar-refractivity contribution in [2.75, 3.05) is 29.9 Å². The first-order chi connectivity index (χ1) is 14.4. The van der Waals surface area contributed by atoms with Gasteiger partial charge in [0.15, 0.2) is 0 Å². The summed E-state index contributed by atoms with van der Waals surface area (Å²) in [6.07, 6.45) is 1.52. The number of hydrogen-bond donors (Lipinski definition) is 2. The molecule has 0 aliphatic carbocycles. The second-order valence-corrected chi connectivity index (χ2v) is 7.47. The van der Waals surface area contributed by atoms with Gasteiger partial charge >= 0.3 is 11.9 Å². The number of esters is 1. The van der Waals surface area contributed by atoms with Gasteiger partial charge in [-0.3, -0.25) is 9.59 Å². The van der Waals surface area contributed by atoms with E-state index in [1.807, 2.05) is 4.90 Å². The zero-order valence-electron chi connectivity index (χ0n) is 16.6. The van der Waals surface area contributed by atoms with Crippen molar-refractivity contribution in [2.24, 2.45) is 5.92 Å². The number of anilines is 2. The number of benzene rings is 2. The molecule has 2 aromatic rings. The largest absolute Gasteiger partial charge is 0.478 e. The summed E-state index contributed by atoms with van der Waals surface area (Å²) in [6, 6.07) is 11.0. The van der Waals surface area contributed by atoms with Crippen molar-refractivity contribution in [1.82, 2.24) is 0 Å². The highest BCUT2D eigenvalue weighted by Crippen LogP contribution is 2.32. The molecule has 30 heavy (non-hydrogen) atoms. The lowest BCUT2D eigenvalue weighted by atomic mass is 9.97. The Kier molecular flexibility index (Phi) is 6.95. The molecule has 1 aliphatic heterocycles. The summed E-state index contributed by atoms with van der Waals surface area (Å²) in [5.41, 5.74) is 1.49. The zero-order chi connectivity index (χ0) is 21.7. The number of aromatic carboxylic acids is 1. The van der Waals surface area contributed by atoms with Gasteiger partial charge in [0, 0.05) is 23.7 Å². The zero-order valence-corrected chi connectivity index (χ0v) is 17.3. The van der Waals surface area contributed by atoms with Gasteiger partial charge in [-0.1, -0.05) is 11.6 Å². The van der Waals surface area contributed by atoms with Crippen LogP contribution in [0.15, 0.2) is 42.5 Å². The molecule has 1 unspecified atom stereocenters. The number of amides is 1. The van der Waals surface area contributed by atoms with Crippen LogP contribution in [0.4, 0.5) is 11.4 Å². The van der Waals surface area contributed by atoms with Crippen LogP contribution in [0, 0.1) is 5.92 Å². The first-order valence-corrected chi connectivity index (χ1v) is 10.1. The Morgan fingerprint density at radius 2 is 1.87 bits per heavy atom. The van der Waals surface area contributed by atoms with Crippen molar-refractivity contribution in [3.8, 4) is 0 Å². The number of carboxylic acids is 1. The maximum atomic E-state index is 12.7. The van der Waals surface area contributed by atoms with E-state index in [0.29, 0.717) is 41.7 Å². The van der Waals surface area contributed by atoms with E-state index >= 15 is 0 Å². The molecule has 1 aliphatic rings. The van der Waals surface area contributed by atoms with Crippen LogP contribution in [0.25, 0.3) is 0 Å². The van der Waals surface area contributed by atoms with Crippen LogP contribution in [-0.2, 0) is 9.53 Å². The predicted molar refractivity (Wildman–Crippen MR) is 114 cm³/mol. The van der Waals surface area contributed by atoms with Crippen molar-refractivity contribution in [3.63, 3.8) is 0 Å². The van der Waals surface area contributed by atoms with Crippen LogP contribution >= 0.6 is 11.6 Å². The van der Waals surface area contributed by atoms with Crippen LogP contribution < -0.4 is 10.2 Å². The van der Waals surface area contributed by atoms with E-state index in [4.69, 9.17) is 16.3 Å². The van der Waals surface area contributed by atoms with Crippen molar-refractivity contribution in [3.05, 3.63) is 58.6 Å². The summed E-state index contributed by atoms with van der Waals surface area (Å²) in [6.45, 7) is 3.22. The van der Waals surface area contributed by atoms with E-state index in [1.54, 1.807) is 37.3 Å². The van der Waals surface area contributed by atoms with E-state index in [-0.39, 0.29) is 23.4 Å². The average Bonchev–Trinajstić information content (AvgIpc) is 2.74. The molecule has 7 nitrogen and oxygen atoms in total. The fourth-order valence-electron chi connectivity index (χ4n) is 3.49. The summed E-state index contributed by atoms with van der Waals surface area (Å²) in [4.78, 5) is 38.3. The van der Waals surface area contributed by atoms with Crippen molar-refractivity contribution >= 4 is 40.8 Å². The van der Waals surface area contributed by atoms with Gasteiger partial charge in [-0.05, 0) is 62.2 Å². The summed E-state index contributed by atoms with van der Waals surface area (Å²) in [5.74, 6) is -1.98. The van der Waals surface area contributed by atoms with Gasteiger partial charge in [0.2, 0.25) is 0 Å². The minimum absolute atomic E-state index is 0.0594. The van der Waals surface area contributed by atoms with Gasteiger partial charge in [0.25, 0.3) is 5.91 Å². The molecule has 8 heteroatoms. The maximum absolute atomic E-state index is 12.7. The number of nitrogens with zero attached hydrogens (tertiary/aromatic N) is 1. The third kappa shape index (κ3) is 5.10. The Morgan fingerprint density at radius 3 is 2.53 bits per heavy atom. The van der Waals surface area contributed by atoms with E-state index in [0.717, 1.165) is 12.8 Å². The lowest BCUT2D eigenvalue weighted by Crippen LogP contribution is -2.39. The second-order valence-electron chi connectivity index (χ2n) is 7.04. The minimum atomic E-state index is -1.09. The number of piperidine rings is 1. The number of carbonyl (C=O) groups is 3. The smallest absolute Gasteiger partial charge is 0.335 e. The Morgan fingerprint density at radius 1 is 1.17 bits per heavy atom. The lowest BCUT2D eigenvalue weighted by Gasteiger charge is -2.34. The molecule has 3 rings (SSSR count). The van der Waals surface area contributed by atoms with Crippen molar-refractivity contribution < 1.29 is 24.2 Å². The number of ether oxygens (including phenoxy) is 1. The quantitative estimate of drug-likeness (QED) is 0.670. The van der Waals surface area contributed by atoms with Gasteiger partial charge in [-0.15, -0.1) is 0 Å². The standard InChI is InChI=1S/C22H23ClN2O5/c1-2-30-22(29)16-4-3-11-25(13-16)19-10-7-15(21(27)28)12-18(19)24-20(26)14-5-8-17(23)9-6-14/h5-10,12,16H,2-4,11,13H2,1H3,(H,24,26)(H,27,28). The van der Waals surface area contributed by atoms with Crippen LogP contribution in [0.1, 0.15) is 40.5 Å². The molecule has 2 N–H and O–H groups in total. The third-order valence-electron chi connectivity index (χ3n) is 4.98. The highest BCUT2D eigenvalue weighted by molar-refractivity contribution is 6.30. The SMILES string of the molecule is CCOC(=O)C1CCCN(c2ccc(C(=O)O)cc2NC(=O)c2ccc(Cl)cc2)C1. The van der Waals surface area contributed by atoms with E-state index in [9.17, 15) is 19.5 Å². The molecular weight excluding hydrogens is 408 g/mol. The third-order valence-corrected chi connectivity index (χ3v) is 5.23. The monoisotopic (exact) mass is 430 g/mol. The Labute approximate surface area is 179 Å². The number of rotatable bonds is 6. The van der Waals surface area contributed by atoms with Crippen molar-refractivity contribution in [1.29, 1.82) is 0 Å². The summed E-state index contributed by atoms with van der Waals surface area (Å²) < 4.78 is 5.15. The Bertz CT molecular complexity index is 945. The molecule has 0 spiro atoms. The number of carbonyl (C=O) groups excluding carboxylic acids is 2. The molecule has 1 amide bonds. The second kappa shape index (κ2) is 9.63. The molecule has 1 fully saturated rings. The summed E-state index contributed by atoms with van der Waals surface area (Å²) in [7, 11) is 0. The average molecular weight is 431 g/mol. The van der Waals surface area contributed by atoms with E-state index < -0.39 is 5.97 Å².